The molecule has 7 nitrogen and oxygen atoms in total. The molecule has 0 spiro atoms. The second-order valence-electron chi connectivity index (χ2n) is 5.07. The van der Waals surface area contributed by atoms with Crippen LogP contribution >= 0.6 is 24.0 Å². The van der Waals surface area contributed by atoms with Crippen LogP contribution in [0.1, 0.15) is 18.4 Å². The number of carboxylic acids is 2. The van der Waals surface area contributed by atoms with Crippen molar-refractivity contribution >= 4 is 52.2 Å². The summed E-state index contributed by atoms with van der Waals surface area (Å²) in [5.74, 6) is -2.92. The summed E-state index contributed by atoms with van der Waals surface area (Å²) in [6.07, 6.45) is 0.712. The van der Waals surface area contributed by atoms with Crippen LogP contribution in [0.3, 0.4) is 0 Å². The highest BCUT2D eigenvalue weighted by Gasteiger charge is 2.37. The molecule has 0 aliphatic carbocycles. The summed E-state index contributed by atoms with van der Waals surface area (Å²) in [6.45, 7) is 0. The summed E-state index contributed by atoms with van der Waals surface area (Å²) in [5, 5.41) is 21.9. The number of methoxy groups -OCH3 is 1. The zero-order valence-corrected chi connectivity index (χ0v) is 14.7. The van der Waals surface area contributed by atoms with Gasteiger partial charge in [-0.15, -0.1) is 0 Å². The normalized spacial score (nSPS) is 17.0. The van der Waals surface area contributed by atoms with Gasteiger partial charge < -0.3 is 24.5 Å². The van der Waals surface area contributed by atoms with E-state index in [2.05, 4.69) is 0 Å². The van der Waals surface area contributed by atoms with Gasteiger partial charge in [-0.25, -0.2) is 0 Å². The molecule has 0 radical (unpaired) electrons. The number of hydrogen-bond acceptors (Lipinski definition) is 8. The molecule has 9 heteroatoms. The maximum atomic E-state index is 12.5. The number of ether oxygens (including phenoxy) is 1. The summed E-state index contributed by atoms with van der Waals surface area (Å²) >= 11 is 6.03. The number of rotatable bonds is 7. The third-order valence-corrected chi connectivity index (χ3v) is 4.77. The van der Waals surface area contributed by atoms with Gasteiger partial charge in [0.15, 0.2) is 0 Å². The largest absolute Gasteiger partial charge is 0.550 e. The highest BCUT2D eigenvalue weighted by atomic mass is 32.2. The standard InChI is InChI=1S/C16H15NO6S2/c1-23-10-4-2-9(3-5-10)8-12-14(20)17(16(24)25-12)11(15(21)22)6-7-13(18)19/h2-5,8,11H,6-7H2,1H3,(H,18,19)(H,21,22)/p-2/b12-8-/t11-/m1/s1. The zero-order chi connectivity index (χ0) is 18.6. The third-order valence-electron chi connectivity index (χ3n) is 3.44. The van der Waals surface area contributed by atoms with Crippen LogP contribution in [0.5, 0.6) is 5.75 Å². The van der Waals surface area contributed by atoms with Gasteiger partial charge in [0.05, 0.1) is 24.0 Å². The molecule has 25 heavy (non-hydrogen) atoms. The number of thioether (sulfide) groups is 1. The smallest absolute Gasteiger partial charge is 0.266 e. The van der Waals surface area contributed by atoms with E-state index in [0.29, 0.717) is 11.3 Å². The van der Waals surface area contributed by atoms with E-state index >= 15 is 0 Å². The number of nitrogens with zero attached hydrogens (tertiary/aromatic N) is 1. The first kappa shape index (κ1) is 18.9. The molecule has 1 saturated heterocycles. The van der Waals surface area contributed by atoms with Crippen LogP contribution in [-0.2, 0) is 14.4 Å². The lowest BCUT2D eigenvalue weighted by molar-refractivity contribution is -0.311. The van der Waals surface area contributed by atoms with E-state index in [1.165, 1.54) is 7.11 Å². The quantitative estimate of drug-likeness (QED) is 0.463. The van der Waals surface area contributed by atoms with E-state index in [1.807, 2.05) is 0 Å². The zero-order valence-electron chi connectivity index (χ0n) is 13.1. The van der Waals surface area contributed by atoms with E-state index in [0.717, 1.165) is 16.7 Å². The molecule has 1 heterocycles. The first-order chi connectivity index (χ1) is 11.8. The Bertz CT molecular complexity index is 743. The molecule has 2 rings (SSSR count). The number of thiocarbonyl (C=S) groups is 1. The topological polar surface area (TPSA) is 110 Å². The Labute approximate surface area is 153 Å². The fourth-order valence-electron chi connectivity index (χ4n) is 2.21. The van der Waals surface area contributed by atoms with Crippen molar-refractivity contribution in [1.82, 2.24) is 4.90 Å². The van der Waals surface area contributed by atoms with Crippen LogP contribution in [0.4, 0.5) is 0 Å². The molecule has 1 aliphatic rings. The van der Waals surface area contributed by atoms with Crippen LogP contribution in [0.25, 0.3) is 6.08 Å². The summed E-state index contributed by atoms with van der Waals surface area (Å²) in [5.41, 5.74) is 0.709. The van der Waals surface area contributed by atoms with E-state index in [4.69, 9.17) is 17.0 Å². The second-order valence-corrected chi connectivity index (χ2v) is 6.75. The minimum Gasteiger partial charge on any atom is -0.550 e. The molecule has 0 aromatic heterocycles. The predicted octanol–water partition coefficient (Wildman–Crippen LogP) is -0.455. The molecule has 0 unspecified atom stereocenters. The predicted molar refractivity (Wildman–Crippen MR) is 91.0 cm³/mol. The number of hydrogen-bond donors (Lipinski definition) is 0. The fraction of sp³-hybridized carbons (Fsp3) is 0.250. The Morgan fingerprint density at radius 3 is 2.48 bits per heavy atom. The lowest BCUT2D eigenvalue weighted by Gasteiger charge is -2.27. The van der Waals surface area contributed by atoms with Gasteiger partial charge in [0.1, 0.15) is 10.1 Å². The average Bonchev–Trinajstić information content (AvgIpc) is 2.83. The third kappa shape index (κ3) is 4.58. The van der Waals surface area contributed by atoms with Crippen LogP contribution in [0.15, 0.2) is 29.2 Å². The number of carboxylic acid groups (broad SMARTS) is 2. The van der Waals surface area contributed by atoms with Crippen LogP contribution < -0.4 is 14.9 Å². The summed E-state index contributed by atoms with van der Waals surface area (Å²) in [7, 11) is 1.53. The van der Waals surface area contributed by atoms with Crippen molar-refractivity contribution in [2.24, 2.45) is 0 Å². The van der Waals surface area contributed by atoms with Gasteiger partial charge in [0.25, 0.3) is 5.91 Å². The maximum Gasteiger partial charge on any atom is 0.266 e. The highest BCUT2D eigenvalue weighted by molar-refractivity contribution is 8.26. The molecule has 1 aliphatic heterocycles. The van der Waals surface area contributed by atoms with Gasteiger partial charge in [0.2, 0.25) is 0 Å². The van der Waals surface area contributed by atoms with Crippen molar-refractivity contribution in [3.63, 3.8) is 0 Å². The number of aliphatic carboxylic acids is 2. The molecular weight excluding hydrogens is 366 g/mol. The van der Waals surface area contributed by atoms with Crippen LogP contribution in [0.2, 0.25) is 0 Å². The molecule has 1 amide bonds. The van der Waals surface area contributed by atoms with Crippen molar-refractivity contribution < 1.29 is 29.3 Å². The van der Waals surface area contributed by atoms with Crippen molar-refractivity contribution in [3.05, 3.63) is 34.7 Å². The van der Waals surface area contributed by atoms with E-state index in [1.54, 1.807) is 30.3 Å². The molecule has 1 aromatic rings. The summed E-state index contributed by atoms with van der Waals surface area (Å²) < 4.78 is 5.09. The molecule has 1 fully saturated rings. The Balaban J connectivity index is 2.23. The minimum absolute atomic E-state index is 0.0392. The molecular formula is C16H13NO6S2-2. The molecule has 132 valence electrons. The van der Waals surface area contributed by atoms with Gasteiger partial charge in [0, 0.05) is 5.97 Å². The number of carbonyl (C=O) groups is 3. The minimum atomic E-state index is -1.57. The average molecular weight is 379 g/mol. The summed E-state index contributed by atoms with van der Waals surface area (Å²) in [4.78, 5) is 35.5. The molecule has 0 bridgehead atoms. The van der Waals surface area contributed by atoms with E-state index in [9.17, 15) is 24.6 Å². The van der Waals surface area contributed by atoms with Crippen molar-refractivity contribution in [2.45, 2.75) is 18.9 Å². The van der Waals surface area contributed by atoms with Gasteiger partial charge in [-0.05, 0) is 36.6 Å². The SMILES string of the molecule is COc1ccc(/C=C2\SC(=S)N([C@H](CCC(=O)[O-])C(=O)[O-])C2=O)cc1. The van der Waals surface area contributed by atoms with Crippen LogP contribution in [-0.4, -0.2) is 40.2 Å². The molecule has 1 aromatic carbocycles. The summed E-state index contributed by atoms with van der Waals surface area (Å²) in [6, 6.07) is 5.45. The van der Waals surface area contributed by atoms with Gasteiger partial charge in [-0.2, -0.15) is 0 Å². The van der Waals surface area contributed by atoms with Gasteiger partial charge >= 0.3 is 0 Å². The van der Waals surface area contributed by atoms with Gasteiger partial charge in [-0.3, -0.25) is 9.69 Å². The van der Waals surface area contributed by atoms with Crippen molar-refractivity contribution in [3.8, 4) is 5.75 Å². The molecule has 0 N–H and O–H groups in total. The van der Waals surface area contributed by atoms with Crippen LogP contribution in [0, 0.1) is 0 Å². The monoisotopic (exact) mass is 379 g/mol. The lowest BCUT2D eigenvalue weighted by atomic mass is 10.1. The first-order valence-corrected chi connectivity index (χ1v) is 8.37. The van der Waals surface area contributed by atoms with Gasteiger partial charge in [-0.1, -0.05) is 36.1 Å². The Hall–Kier alpha value is -2.39. The Morgan fingerprint density at radius 1 is 1.32 bits per heavy atom. The highest BCUT2D eigenvalue weighted by Crippen LogP contribution is 2.34. The molecule has 1 atom stereocenters. The van der Waals surface area contributed by atoms with Crippen molar-refractivity contribution in [2.75, 3.05) is 7.11 Å². The number of amides is 1. The van der Waals surface area contributed by atoms with Crippen molar-refractivity contribution in [1.29, 1.82) is 0 Å². The lowest BCUT2D eigenvalue weighted by Crippen LogP contribution is -2.50. The maximum absolute atomic E-state index is 12.5. The number of carbonyl (C=O) groups excluding carboxylic acids is 3. The number of benzene rings is 1. The Morgan fingerprint density at radius 2 is 1.96 bits per heavy atom. The van der Waals surface area contributed by atoms with E-state index < -0.39 is 30.3 Å². The first-order valence-electron chi connectivity index (χ1n) is 7.15. The fourth-order valence-corrected chi connectivity index (χ4v) is 3.56. The second kappa shape index (κ2) is 8.13. The molecule has 0 saturated carbocycles. The van der Waals surface area contributed by atoms with E-state index in [-0.39, 0.29) is 15.6 Å². The Kier molecular flexibility index (Phi) is 6.16.